The van der Waals surface area contributed by atoms with Crippen LogP contribution >= 0.6 is 0 Å². The van der Waals surface area contributed by atoms with E-state index < -0.39 is 60.3 Å². The van der Waals surface area contributed by atoms with Crippen molar-refractivity contribution in [2.45, 2.75) is 115 Å². The smallest absolute Gasteiger partial charge is 0.375 e. The molecule has 9 rings (SSSR count). The SMILES string of the molecule is CCOC(=O)C1=C(C=O)C2=C3C[C@H](CO)C(=O)[C@H](C3)c3cc4cc[nH]c4cc3CC[C@@H](CO)COc3c4c(c(CO)c(c32)O1)O[C@H]([C@@]1(O)[C@H](CCCO)[C@@H](CO)C[C@@H]2[C@@H](CC)N(CCCOC)CC[C@@H]21)C4. The number of hydrogen-bond acceptors (Lipinski definition) is 15. The number of aliphatic hydroxyl groups excluding tert-OH is 5. The molecule has 16 nitrogen and oxygen atoms in total. The third kappa shape index (κ3) is 9.04. The molecular formula is C55H72N2O14. The number of benzene rings is 2. The molecule has 0 radical (unpaired) electrons. The van der Waals surface area contributed by atoms with E-state index in [2.05, 4.69) is 16.8 Å². The van der Waals surface area contributed by atoms with E-state index in [0.717, 1.165) is 48.0 Å². The Morgan fingerprint density at radius 3 is 2.55 bits per heavy atom. The second-order valence-electron chi connectivity index (χ2n) is 20.7. The predicted octanol–water partition coefficient (Wildman–Crippen LogP) is 4.70. The van der Waals surface area contributed by atoms with Crippen LogP contribution in [0, 0.1) is 35.5 Å². The molecule has 0 spiro atoms. The molecule has 1 aromatic heterocycles. The Bertz CT molecular complexity index is 2530. The van der Waals surface area contributed by atoms with Crippen molar-refractivity contribution in [2.75, 3.05) is 66.4 Å². The summed E-state index contributed by atoms with van der Waals surface area (Å²) in [5.74, 6) is -4.23. The first-order chi connectivity index (χ1) is 34.5. The fourth-order valence-corrected chi connectivity index (χ4v) is 13.8. The van der Waals surface area contributed by atoms with Crippen LogP contribution < -0.4 is 14.2 Å². The maximum absolute atomic E-state index is 14.6. The van der Waals surface area contributed by atoms with Gasteiger partial charge in [-0.05, 0) is 136 Å². The molecule has 1 saturated heterocycles. The average Bonchev–Trinajstić information content (AvgIpc) is 4.05. The zero-order chi connectivity index (χ0) is 50.1. The standard InChI is InChI=1S/C55H72N2O14/c1-4-45-38-21-34(25-60)42(8-6-16-58)55(66,43(38)12-15-57(45)14-7-17-67-3)46-23-39-50(70-46)41(28-63)52-48-47(40(27-62)53(71-52)54(65)68-5-2)33-18-35(26-61)49(64)37(20-33)36-19-32-11-13-56-44(32)22-31(36)10-9-30(24-59)29-69-51(39)48/h11,13,19,22,27,30,34-35,37-38,42-43,45-46,56,58-61,63,66H,4-10,12,14-18,20-21,23-26,28-29H2,1-3H3/t30-,34+,35+,37+,38-,42+,43-,45+,46-,55+/m0/s1. The van der Waals surface area contributed by atoms with Gasteiger partial charge in [-0.15, -0.1) is 0 Å². The highest BCUT2D eigenvalue weighted by Gasteiger charge is 2.62. The molecule has 386 valence electrons. The van der Waals surface area contributed by atoms with Gasteiger partial charge < -0.3 is 64.2 Å². The molecule has 3 fully saturated rings. The normalized spacial score (nSPS) is 29.6. The Labute approximate surface area is 415 Å². The molecule has 0 amide bonds. The number of aromatic amines is 1. The lowest BCUT2D eigenvalue weighted by molar-refractivity contribution is -0.216. The van der Waals surface area contributed by atoms with E-state index in [9.17, 15) is 45.0 Å². The number of aryl methyl sites for hydroxylation is 1. The highest BCUT2D eigenvalue weighted by Crippen LogP contribution is 2.61. The van der Waals surface area contributed by atoms with E-state index in [-0.39, 0.29) is 121 Å². The quantitative estimate of drug-likeness (QED) is 0.0585. The summed E-state index contributed by atoms with van der Waals surface area (Å²) in [6.45, 7) is 4.28. The number of fused-ring (bicyclic) bond motifs is 8. The summed E-state index contributed by atoms with van der Waals surface area (Å²) < 4.78 is 31.6. The molecule has 5 heterocycles. The Kier molecular flexibility index (Phi) is 15.8. The van der Waals surface area contributed by atoms with E-state index in [1.807, 2.05) is 24.4 Å². The number of Topliss-reactive ketones (excluding diaryl/α,β-unsaturated/α-hetero) is 1. The van der Waals surface area contributed by atoms with Crippen LogP contribution in [-0.2, 0) is 43.3 Å². The molecule has 71 heavy (non-hydrogen) atoms. The van der Waals surface area contributed by atoms with Crippen molar-refractivity contribution in [3.8, 4) is 17.2 Å². The van der Waals surface area contributed by atoms with Gasteiger partial charge >= 0.3 is 5.97 Å². The number of H-pyrrole nitrogens is 1. The number of allylic oxidation sites excluding steroid dienone is 3. The van der Waals surface area contributed by atoms with E-state index in [1.54, 1.807) is 14.0 Å². The van der Waals surface area contributed by atoms with Crippen LogP contribution in [-0.4, -0.2) is 143 Å². The number of nitrogens with one attached hydrogen (secondary N) is 1. The zero-order valence-electron chi connectivity index (χ0n) is 41.3. The molecule has 2 bridgehead atoms. The predicted molar refractivity (Wildman–Crippen MR) is 262 cm³/mol. The minimum Gasteiger partial charge on any atom is -0.492 e. The van der Waals surface area contributed by atoms with Crippen molar-refractivity contribution in [1.82, 2.24) is 9.88 Å². The van der Waals surface area contributed by atoms with Crippen LogP contribution in [0.1, 0.15) is 105 Å². The number of piperidine rings is 1. The number of aromatic nitrogens is 1. The topological polar surface area (TPSA) is 238 Å². The highest BCUT2D eigenvalue weighted by atomic mass is 16.6. The van der Waals surface area contributed by atoms with Crippen LogP contribution in [0.4, 0.5) is 0 Å². The lowest BCUT2D eigenvalue weighted by atomic mass is 9.52. The summed E-state index contributed by atoms with van der Waals surface area (Å²) in [6.07, 6.45) is 6.46. The summed E-state index contributed by atoms with van der Waals surface area (Å²) in [5, 5.41) is 69.8. The Morgan fingerprint density at radius 1 is 1.01 bits per heavy atom. The highest BCUT2D eigenvalue weighted by molar-refractivity contribution is 6.11. The Hall–Kier alpha value is -4.65. The number of nitrogens with zero attached hydrogens (tertiary/aromatic N) is 1. The van der Waals surface area contributed by atoms with Crippen molar-refractivity contribution in [2.24, 2.45) is 35.5 Å². The van der Waals surface area contributed by atoms with Gasteiger partial charge in [0.1, 0.15) is 34.7 Å². The van der Waals surface area contributed by atoms with Gasteiger partial charge in [-0.2, -0.15) is 0 Å². The van der Waals surface area contributed by atoms with Crippen molar-refractivity contribution in [1.29, 1.82) is 0 Å². The summed E-state index contributed by atoms with van der Waals surface area (Å²) in [7, 11) is 1.70. The number of ether oxygens (including phenoxy) is 5. The fraction of sp³-hybridized carbons (Fsp3) is 0.618. The van der Waals surface area contributed by atoms with Crippen molar-refractivity contribution < 1.29 is 68.7 Å². The molecule has 0 unspecified atom stereocenters. The molecule has 3 aromatic rings. The fourth-order valence-electron chi connectivity index (χ4n) is 13.8. The lowest BCUT2D eigenvalue weighted by Crippen LogP contribution is -2.68. The van der Waals surface area contributed by atoms with Gasteiger partial charge in [0, 0.05) is 93.1 Å². The third-order valence-electron chi connectivity index (χ3n) is 17.1. The number of likely N-dealkylation sites (tertiary alicyclic amines) is 1. The van der Waals surface area contributed by atoms with Crippen LogP contribution in [0.2, 0.25) is 0 Å². The average molecular weight is 985 g/mol. The molecule has 4 aliphatic heterocycles. The third-order valence-corrected chi connectivity index (χ3v) is 17.1. The van der Waals surface area contributed by atoms with Crippen LogP contribution in [0.5, 0.6) is 17.2 Å². The molecule has 2 saturated carbocycles. The number of hydrogen-bond donors (Lipinski definition) is 7. The number of aldehydes is 1. The maximum atomic E-state index is 14.6. The van der Waals surface area contributed by atoms with Gasteiger partial charge in [0.25, 0.3) is 0 Å². The minimum atomic E-state index is -1.56. The molecule has 7 N–H and O–H groups in total. The van der Waals surface area contributed by atoms with Crippen LogP contribution in [0.15, 0.2) is 41.3 Å². The molecule has 6 aliphatic rings. The number of ketones is 1. The number of methoxy groups -OCH3 is 1. The molecular weight excluding hydrogens is 913 g/mol. The number of aliphatic hydroxyl groups is 6. The van der Waals surface area contributed by atoms with Crippen molar-refractivity contribution in [3.63, 3.8) is 0 Å². The summed E-state index contributed by atoms with van der Waals surface area (Å²) in [6, 6.07) is 6.07. The van der Waals surface area contributed by atoms with E-state index in [0.29, 0.717) is 62.6 Å². The molecule has 2 aliphatic carbocycles. The van der Waals surface area contributed by atoms with Gasteiger partial charge in [-0.3, -0.25) is 9.59 Å². The lowest BCUT2D eigenvalue weighted by Gasteiger charge is -2.60. The Morgan fingerprint density at radius 2 is 1.85 bits per heavy atom. The van der Waals surface area contributed by atoms with E-state index in [1.165, 1.54) is 0 Å². The Balaban J connectivity index is 1.26. The molecule has 10 atom stereocenters. The first-order valence-corrected chi connectivity index (χ1v) is 25.9. The van der Waals surface area contributed by atoms with Gasteiger partial charge in [0.2, 0.25) is 5.76 Å². The summed E-state index contributed by atoms with van der Waals surface area (Å²) in [5.41, 5.74) is 2.63. The molecule has 16 heteroatoms. The van der Waals surface area contributed by atoms with Gasteiger partial charge in [-0.25, -0.2) is 4.79 Å². The number of esters is 1. The monoisotopic (exact) mass is 984 g/mol. The zero-order valence-corrected chi connectivity index (χ0v) is 41.3. The maximum Gasteiger partial charge on any atom is 0.375 e. The minimum absolute atomic E-state index is 0.00843. The number of carbonyl (C=O) groups is 3. The van der Waals surface area contributed by atoms with E-state index >= 15 is 0 Å². The summed E-state index contributed by atoms with van der Waals surface area (Å²) >= 11 is 0. The largest absolute Gasteiger partial charge is 0.492 e. The first kappa shape index (κ1) is 51.3. The first-order valence-electron chi connectivity index (χ1n) is 25.9. The van der Waals surface area contributed by atoms with Gasteiger partial charge in [-0.1, -0.05) is 12.5 Å². The summed E-state index contributed by atoms with van der Waals surface area (Å²) in [4.78, 5) is 48.2. The van der Waals surface area contributed by atoms with Crippen LogP contribution in [0.3, 0.4) is 0 Å². The second kappa shape index (κ2) is 21.8. The van der Waals surface area contributed by atoms with E-state index in [4.69, 9.17) is 23.7 Å². The van der Waals surface area contributed by atoms with Gasteiger partial charge in [0.15, 0.2) is 6.29 Å². The number of carbonyl (C=O) groups excluding carboxylic acids is 3. The van der Waals surface area contributed by atoms with Gasteiger partial charge in [0.05, 0.1) is 43.1 Å². The molecule has 2 aromatic carbocycles. The van der Waals surface area contributed by atoms with Crippen LogP contribution in [0.25, 0.3) is 16.5 Å². The van der Waals surface area contributed by atoms with Crippen molar-refractivity contribution >= 4 is 34.5 Å². The van der Waals surface area contributed by atoms with Crippen molar-refractivity contribution in [3.05, 3.63) is 69.1 Å². The second-order valence-corrected chi connectivity index (χ2v) is 20.7. The number of rotatable bonds is 16.